The van der Waals surface area contributed by atoms with Crippen molar-refractivity contribution in [1.29, 1.82) is 0 Å². The topological polar surface area (TPSA) is 106 Å². The average Bonchev–Trinajstić information content (AvgIpc) is 3.23. The van der Waals surface area contributed by atoms with E-state index in [9.17, 15) is 13.2 Å². The van der Waals surface area contributed by atoms with Crippen LogP contribution in [0.5, 0.6) is 0 Å². The maximum atomic E-state index is 13.4. The Bertz CT molecular complexity index is 1480. The minimum Gasteiger partial charge on any atom is -0.465 e. The Morgan fingerprint density at radius 3 is 2.54 bits per heavy atom. The van der Waals surface area contributed by atoms with Crippen molar-refractivity contribution in [2.45, 2.75) is 11.8 Å². The number of hydrogen-bond acceptors (Lipinski definition) is 8. The van der Waals surface area contributed by atoms with E-state index < -0.39 is 16.0 Å². The van der Waals surface area contributed by atoms with Crippen LogP contribution in [-0.2, 0) is 14.8 Å². The second kappa shape index (κ2) is 9.85. The Morgan fingerprint density at radius 1 is 1.11 bits per heavy atom. The van der Waals surface area contributed by atoms with Crippen molar-refractivity contribution >= 4 is 32.7 Å². The molecule has 10 heteroatoms. The van der Waals surface area contributed by atoms with Gasteiger partial charge in [0.25, 0.3) is 10.0 Å². The summed E-state index contributed by atoms with van der Waals surface area (Å²) in [4.78, 5) is 23.6. The van der Waals surface area contributed by atoms with Gasteiger partial charge in [0.2, 0.25) is 0 Å². The minimum absolute atomic E-state index is 0.128. The molecule has 9 nitrogen and oxygen atoms in total. The predicted octanol–water partition coefficient (Wildman–Crippen LogP) is 3.40. The lowest BCUT2D eigenvalue weighted by atomic mass is 10.1. The van der Waals surface area contributed by atoms with E-state index in [0.717, 1.165) is 16.1 Å². The summed E-state index contributed by atoms with van der Waals surface area (Å²) in [5.41, 5.74) is 2.74. The van der Waals surface area contributed by atoms with Gasteiger partial charge in [0.1, 0.15) is 5.82 Å². The van der Waals surface area contributed by atoms with Crippen LogP contribution in [0.1, 0.15) is 15.9 Å². The van der Waals surface area contributed by atoms with E-state index >= 15 is 0 Å². The lowest BCUT2D eigenvalue weighted by molar-refractivity contribution is 0.0603. The number of ether oxygens (including phenoxy) is 1. The number of nitrogens with zero attached hydrogens (tertiary/aromatic N) is 4. The molecule has 0 bridgehead atoms. The number of carbonyl (C=O) groups excluding carboxylic acids is 1. The molecule has 2 aromatic carbocycles. The van der Waals surface area contributed by atoms with Crippen LogP contribution in [-0.4, -0.2) is 67.5 Å². The number of hydrogen-bond donors (Lipinski definition) is 1. The first-order chi connectivity index (χ1) is 16.7. The zero-order valence-electron chi connectivity index (χ0n) is 20.0. The van der Waals surface area contributed by atoms with Gasteiger partial charge >= 0.3 is 5.97 Å². The summed E-state index contributed by atoms with van der Waals surface area (Å²) >= 11 is 0. The van der Waals surface area contributed by atoms with E-state index in [-0.39, 0.29) is 10.5 Å². The van der Waals surface area contributed by atoms with Gasteiger partial charge in [-0.25, -0.2) is 22.2 Å². The highest BCUT2D eigenvalue weighted by atomic mass is 32.2. The van der Waals surface area contributed by atoms with Crippen molar-refractivity contribution in [2.75, 3.05) is 39.6 Å². The van der Waals surface area contributed by atoms with E-state index in [1.54, 1.807) is 54.9 Å². The van der Waals surface area contributed by atoms with Gasteiger partial charge in [0.05, 0.1) is 41.2 Å². The van der Waals surface area contributed by atoms with Crippen LogP contribution in [0.4, 0.5) is 5.82 Å². The molecule has 35 heavy (non-hydrogen) atoms. The maximum Gasteiger partial charge on any atom is 0.340 e. The predicted molar refractivity (Wildman–Crippen MR) is 135 cm³/mol. The number of likely N-dealkylation sites (N-methyl/N-ethyl adjacent to an activating group) is 1. The molecule has 1 N–H and O–H groups in total. The van der Waals surface area contributed by atoms with E-state index in [2.05, 4.69) is 20.2 Å². The summed E-state index contributed by atoms with van der Waals surface area (Å²) < 4.78 is 32.9. The third kappa shape index (κ3) is 5.03. The second-order valence-electron chi connectivity index (χ2n) is 8.40. The Morgan fingerprint density at radius 2 is 1.86 bits per heavy atom. The molecule has 2 heterocycles. The number of fused-ring (bicyclic) bond motifs is 1. The maximum absolute atomic E-state index is 13.4. The molecule has 2 aromatic heterocycles. The standard InChI is InChI=1S/C25H27N5O4S/c1-17-5-8-19(9-6-17)35(32,33)30-16-21(25(31)34-4)20-13-18(7-10-23(20)30)22-14-26-15-24(28-22)27-11-12-29(2)3/h5-10,13-16H,11-12H2,1-4H3,(H,27,28). The van der Waals surface area contributed by atoms with Crippen LogP contribution in [0.3, 0.4) is 0 Å². The Hall–Kier alpha value is -3.76. The summed E-state index contributed by atoms with van der Waals surface area (Å²) in [6.45, 7) is 3.42. The highest BCUT2D eigenvalue weighted by molar-refractivity contribution is 7.90. The van der Waals surface area contributed by atoms with Gasteiger partial charge in [0.15, 0.2) is 0 Å². The molecule has 0 aliphatic rings. The molecule has 0 amide bonds. The summed E-state index contributed by atoms with van der Waals surface area (Å²) in [6.07, 6.45) is 4.57. The fourth-order valence-electron chi connectivity index (χ4n) is 3.65. The van der Waals surface area contributed by atoms with Gasteiger partial charge in [-0.1, -0.05) is 23.8 Å². The first kappa shape index (κ1) is 24.4. The number of methoxy groups -OCH3 is 1. The number of aryl methyl sites for hydroxylation is 1. The second-order valence-corrected chi connectivity index (χ2v) is 10.2. The number of benzene rings is 2. The van der Waals surface area contributed by atoms with Crippen molar-refractivity contribution in [1.82, 2.24) is 18.8 Å². The molecule has 0 atom stereocenters. The van der Waals surface area contributed by atoms with E-state index in [0.29, 0.717) is 34.5 Å². The Balaban J connectivity index is 1.79. The normalized spacial score (nSPS) is 11.7. The van der Waals surface area contributed by atoms with Crippen molar-refractivity contribution in [3.63, 3.8) is 0 Å². The van der Waals surface area contributed by atoms with Crippen molar-refractivity contribution in [3.05, 3.63) is 72.2 Å². The molecule has 0 fully saturated rings. The number of esters is 1. The van der Waals surface area contributed by atoms with Gasteiger partial charge in [-0.05, 0) is 45.3 Å². The largest absolute Gasteiger partial charge is 0.465 e. The molecule has 182 valence electrons. The summed E-state index contributed by atoms with van der Waals surface area (Å²) in [5, 5.41) is 3.68. The first-order valence-electron chi connectivity index (χ1n) is 11.0. The SMILES string of the molecule is COC(=O)c1cn(S(=O)(=O)c2ccc(C)cc2)c2ccc(-c3cncc(NCCN(C)C)n3)cc12. The molecule has 0 aliphatic heterocycles. The first-order valence-corrected chi connectivity index (χ1v) is 12.4. The third-order valence-electron chi connectivity index (χ3n) is 5.55. The smallest absolute Gasteiger partial charge is 0.340 e. The van der Waals surface area contributed by atoms with Crippen molar-refractivity contribution in [3.8, 4) is 11.3 Å². The molecule has 4 aromatic rings. The molecule has 0 saturated heterocycles. The monoisotopic (exact) mass is 493 g/mol. The van der Waals surface area contributed by atoms with Crippen LogP contribution in [0.2, 0.25) is 0 Å². The summed E-state index contributed by atoms with van der Waals surface area (Å²) in [5.74, 6) is -0.00708. The molecule has 4 rings (SSSR count). The quantitative estimate of drug-likeness (QED) is 0.372. The van der Waals surface area contributed by atoms with Crippen molar-refractivity contribution in [2.24, 2.45) is 0 Å². The van der Waals surface area contributed by atoms with E-state index in [4.69, 9.17) is 4.74 Å². The van der Waals surface area contributed by atoms with Gasteiger partial charge < -0.3 is 15.0 Å². The molecule has 0 aliphatic carbocycles. The van der Waals surface area contributed by atoms with Crippen LogP contribution >= 0.6 is 0 Å². The van der Waals surface area contributed by atoms with Crippen LogP contribution < -0.4 is 5.32 Å². The molecule has 0 spiro atoms. The highest BCUT2D eigenvalue weighted by Gasteiger charge is 2.24. The van der Waals surface area contributed by atoms with Gasteiger partial charge in [-0.15, -0.1) is 0 Å². The Labute approximate surface area is 204 Å². The lowest BCUT2D eigenvalue weighted by Crippen LogP contribution is -2.21. The molecule has 0 unspecified atom stereocenters. The van der Waals surface area contributed by atoms with Gasteiger partial charge in [-0.2, -0.15) is 0 Å². The van der Waals surface area contributed by atoms with Gasteiger partial charge in [0, 0.05) is 30.2 Å². The van der Waals surface area contributed by atoms with Gasteiger partial charge in [-0.3, -0.25) is 4.98 Å². The number of aromatic nitrogens is 3. The fraction of sp³-hybridized carbons (Fsp3) is 0.240. The van der Waals surface area contributed by atoms with Crippen LogP contribution in [0.15, 0.2) is 66.0 Å². The van der Waals surface area contributed by atoms with Crippen LogP contribution in [0, 0.1) is 6.92 Å². The molecule has 0 saturated carbocycles. The highest BCUT2D eigenvalue weighted by Crippen LogP contribution is 2.30. The number of anilines is 1. The van der Waals surface area contributed by atoms with Crippen LogP contribution in [0.25, 0.3) is 22.2 Å². The summed E-state index contributed by atoms with van der Waals surface area (Å²) in [6, 6.07) is 11.7. The average molecular weight is 494 g/mol. The molecular formula is C25H27N5O4S. The summed E-state index contributed by atoms with van der Waals surface area (Å²) in [7, 11) is 1.30. The number of rotatable bonds is 8. The van der Waals surface area contributed by atoms with E-state index in [1.807, 2.05) is 21.0 Å². The van der Waals surface area contributed by atoms with Crippen molar-refractivity contribution < 1.29 is 17.9 Å². The minimum atomic E-state index is -3.94. The zero-order valence-corrected chi connectivity index (χ0v) is 20.8. The number of nitrogens with one attached hydrogen (secondary N) is 1. The Kier molecular flexibility index (Phi) is 6.86. The zero-order chi connectivity index (χ0) is 25.2. The lowest BCUT2D eigenvalue weighted by Gasteiger charge is -2.11. The molecular weight excluding hydrogens is 466 g/mol. The number of carbonyl (C=O) groups is 1. The fourth-order valence-corrected chi connectivity index (χ4v) is 5.02. The van der Waals surface area contributed by atoms with E-state index in [1.165, 1.54) is 13.3 Å². The third-order valence-corrected chi connectivity index (χ3v) is 7.24. The molecule has 0 radical (unpaired) electrons.